The third-order valence-electron chi connectivity index (χ3n) is 1.90. The van der Waals surface area contributed by atoms with Crippen molar-refractivity contribution in [1.82, 2.24) is 0 Å². The van der Waals surface area contributed by atoms with E-state index in [1.54, 1.807) is 6.07 Å². The molecule has 0 spiro atoms. The molecule has 0 unspecified atom stereocenters. The second-order valence-electron chi connectivity index (χ2n) is 2.68. The molecule has 0 atom stereocenters. The zero-order chi connectivity index (χ0) is 9.64. The van der Waals surface area contributed by atoms with Gasteiger partial charge in [0.15, 0.2) is 0 Å². The number of alkyl halides is 2. The van der Waals surface area contributed by atoms with E-state index >= 15 is 0 Å². The van der Waals surface area contributed by atoms with Gasteiger partial charge in [0.1, 0.15) is 0 Å². The van der Waals surface area contributed by atoms with Gasteiger partial charge in [-0.2, -0.15) is 8.78 Å². The molecule has 2 nitrogen and oxygen atoms in total. The summed E-state index contributed by atoms with van der Waals surface area (Å²) >= 11 is 2.78. The van der Waals surface area contributed by atoms with E-state index in [1.165, 1.54) is 18.2 Å². The van der Waals surface area contributed by atoms with Gasteiger partial charge in [0.05, 0.1) is 27.4 Å². The summed E-state index contributed by atoms with van der Waals surface area (Å²) in [5.41, 5.74) is -0.0469. The lowest BCUT2D eigenvalue weighted by Gasteiger charge is -2.06. The Labute approximate surface area is 81.5 Å². The Hall–Kier alpha value is -0.970. The van der Waals surface area contributed by atoms with Gasteiger partial charge in [-0.3, -0.25) is 4.79 Å². The number of amides is 1. The van der Waals surface area contributed by atoms with Gasteiger partial charge >= 0.3 is 11.8 Å². The molecule has 0 bridgehead atoms. The molecule has 1 aromatic carbocycles. The van der Waals surface area contributed by atoms with Crippen molar-refractivity contribution in [3.8, 4) is 0 Å². The van der Waals surface area contributed by atoms with Crippen LogP contribution in [0.1, 0.15) is 5.56 Å². The molecule has 0 aromatic heterocycles. The number of anilines is 1. The van der Waals surface area contributed by atoms with E-state index in [9.17, 15) is 13.6 Å². The first-order chi connectivity index (χ1) is 6.05. The van der Waals surface area contributed by atoms with Crippen molar-refractivity contribution in [3.63, 3.8) is 0 Å². The predicted octanol–water partition coefficient (Wildman–Crippen LogP) is 2.43. The van der Waals surface area contributed by atoms with Crippen LogP contribution in [-0.2, 0) is 10.7 Å². The van der Waals surface area contributed by atoms with Crippen molar-refractivity contribution >= 4 is 27.7 Å². The average molecular weight is 248 g/mol. The highest BCUT2D eigenvalue weighted by Crippen LogP contribution is 2.45. The quantitative estimate of drug-likeness (QED) is 0.645. The summed E-state index contributed by atoms with van der Waals surface area (Å²) in [5.74, 6) is -4.64. The van der Waals surface area contributed by atoms with Crippen LogP contribution in [0, 0.1) is 0 Å². The zero-order valence-electron chi connectivity index (χ0n) is 6.30. The van der Waals surface area contributed by atoms with Crippen LogP contribution >= 0.6 is 16.1 Å². The van der Waals surface area contributed by atoms with Gasteiger partial charge < -0.3 is 0 Å². The highest BCUT2D eigenvalue weighted by atomic mass is 79.9. The molecule has 68 valence electrons. The standard InChI is InChI=1S/C8H4BrF2NO/c9-12-6-4-2-1-3-5(6)8(10,11)7(12)13/h1-4H. The van der Waals surface area contributed by atoms with Gasteiger partial charge in [-0.05, 0) is 6.07 Å². The Morgan fingerprint density at radius 2 is 1.92 bits per heavy atom. The van der Waals surface area contributed by atoms with E-state index in [4.69, 9.17) is 0 Å². The summed E-state index contributed by atoms with van der Waals surface area (Å²) in [7, 11) is 0. The molecular weight excluding hydrogens is 244 g/mol. The Morgan fingerprint density at radius 3 is 2.54 bits per heavy atom. The van der Waals surface area contributed by atoms with Crippen molar-refractivity contribution in [1.29, 1.82) is 0 Å². The van der Waals surface area contributed by atoms with Crippen molar-refractivity contribution in [2.75, 3.05) is 3.93 Å². The van der Waals surface area contributed by atoms with Gasteiger partial charge in [-0.1, -0.05) is 18.2 Å². The second kappa shape index (κ2) is 2.51. The van der Waals surface area contributed by atoms with Crippen LogP contribution in [0.3, 0.4) is 0 Å². The van der Waals surface area contributed by atoms with Gasteiger partial charge in [0, 0.05) is 0 Å². The molecule has 2 rings (SSSR count). The number of hydrogen-bond donors (Lipinski definition) is 0. The molecule has 0 aliphatic carbocycles. The SMILES string of the molecule is O=C1N(Br)c2ccccc2C1(F)F. The highest BCUT2D eigenvalue weighted by Gasteiger charge is 2.52. The fraction of sp³-hybridized carbons (Fsp3) is 0.125. The molecule has 1 amide bonds. The fourth-order valence-corrected chi connectivity index (χ4v) is 1.79. The molecule has 1 heterocycles. The molecule has 1 aromatic rings. The number of rotatable bonds is 0. The minimum Gasteiger partial charge on any atom is -0.266 e. The lowest BCUT2D eigenvalue weighted by Crippen LogP contribution is -2.27. The molecule has 0 saturated heterocycles. The summed E-state index contributed by atoms with van der Waals surface area (Å²) in [4.78, 5) is 11.0. The van der Waals surface area contributed by atoms with Gasteiger partial charge in [0.25, 0.3) is 0 Å². The number of nitrogens with zero attached hydrogens (tertiary/aromatic N) is 1. The van der Waals surface area contributed by atoms with Crippen molar-refractivity contribution in [2.24, 2.45) is 0 Å². The molecule has 0 saturated carbocycles. The van der Waals surface area contributed by atoms with Crippen molar-refractivity contribution in [3.05, 3.63) is 29.8 Å². The smallest absolute Gasteiger partial charge is 0.266 e. The molecule has 0 radical (unpaired) electrons. The maximum absolute atomic E-state index is 13.2. The fourth-order valence-electron chi connectivity index (χ4n) is 1.26. The number of carbonyl (C=O) groups is 1. The Morgan fingerprint density at radius 1 is 1.31 bits per heavy atom. The number of carbonyl (C=O) groups excluding carboxylic acids is 1. The van der Waals surface area contributed by atoms with Crippen LogP contribution in [-0.4, -0.2) is 5.91 Å². The normalized spacial score (nSPS) is 19.0. The first kappa shape index (κ1) is 8.62. The van der Waals surface area contributed by atoms with Crippen LogP contribution in [0.2, 0.25) is 0 Å². The minimum absolute atomic E-state index is 0.206. The first-order valence-electron chi connectivity index (χ1n) is 3.53. The monoisotopic (exact) mass is 247 g/mol. The lowest BCUT2D eigenvalue weighted by atomic mass is 10.1. The molecule has 13 heavy (non-hydrogen) atoms. The number of halogens is 3. The molecule has 1 aliphatic heterocycles. The zero-order valence-corrected chi connectivity index (χ0v) is 7.88. The Kier molecular flexibility index (Phi) is 1.66. The summed E-state index contributed by atoms with van der Waals surface area (Å²) < 4.78 is 27.1. The predicted molar refractivity (Wildman–Crippen MR) is 46.7 cm³/mol. The number of para-hydroxylation sites is 1. The third kappa shape index (κ3) is 0.997. The van der Waals surface area contributed by atoms with Gasteiger partial charge in [-0.25, -0.2) is 3.93 Å². The van der Waals surface area contributed by atoms with Crippen LogP contribution < -0.4 is 3.93 Å². The summed E-state index contributed by atoms with van der Waals surface area (Å²) in [6.07, 6.45) is 0. The Bertz CT molecular complexity index is 380. The second-order valence-corrected chi connectivity index (χ2v) is 3.39. The first-order valence-corrected chi connectivity index (χ1v) is 4.23. The van der Waals surface area contributed by atoms with Crippen LogP contribution in [0.25, 0.3) is 0 Å². The molecule has 5 heteroatoms. The number of hydrogen-bond acceptors (Lipinski definition) is 1. The van der Waals surface area contributed by atoms with E-state index in [-0.39, 0.29) is 11.3 Å². The van der Waals surface area contributed by atoms with E-state index in [1.807, 2.05) is 0 Å². The number of fused-ring (bicyclic) bond motifs is 1. The van der Waals surface area contributed by atoms with E-state index in [2.05, 4.69) is 16.1 Å². The maximum Gasteiger partial charge on any atom is 0.353 e. The summed E-state index contributed by atoms with van der Waals surface area (Å²) in [5, 5.41) is 0. The largest absolute Gasteiger partial charge is 0.353 e. The molecular formula is C8H4BrF2NO. The Balaban J connectivity index is 2.68. The van der Waals surface area contributed by atoms with Crippen molar-refractivity contribution < 1.29 is 13.6 Å². The molecule has 0 N–H and O–H groups in total. The molecule has 1 aliphatic rings. The number of benzene rings is 1. The van der Waals surface area contributed by atoms with Gasteiger partial charge in [-0.15, -0.1) is 0 Å². The minimum atomic E-state index is -3.40. The van der Waals surface area contributed by atoms with Crippen molar-refractivity contribution in [2.45, 2.75) is 5.92 Å². The van der Waals surface area contributed by atoms with Crippen LogP contribution in [0.5, 0.6) is 0 Å². The highest BCUT2D eigenvalue weighted by molar-refractivity contribution is 9.10. The maximum atomic E-state index is 13.2. The van der Waals surface area contributed by atoms with E-state index in [0.717, 1.165) is 3.93 Å². The van der Waals surface area contributed by atoms with Crippen LogP contribution in [0.15, 0.2) is 24.3 Å². The topological polar surface area (TPSA) is 20.3 Å². The molecule has 0 fully saturated rings. The lowest BCUT2D eigenvalue weighted by molar-refractivity contribution is -0.140. The van der Waals surface area contributed by atoms with Gasteiger partial charge in [0.2, 0.25) is 0 Å². The van der Waals surface area contributed by atoms with E-state index < -0.39 is 11.8 Å². The van der Waals surface area contributed by atoms with E-state index in [0.29, 0.717) is 0 Å². The summed E-state index contributed by atoms with van der Waals surface area (Å²) in [6, 6.07) is 5.78. The average Bonchev–Trinajstić information content (AvgIpc) is 2.30. The van der Waals surface area contributed by atoms with Crippen LogP contribution in [0.4, 0.5) is 14.5 Å². The third-order valence-corrected chi connectivity index (χ3v) is 2.60. The summed E-state index contributed by atoms with van der Waals surface area (Å²) in [6.45, 7) is 0.